The lowest BCUT2D eigenvalue weighted by atomic mass is 10.2. The van der Waals surface area contributed by atoms with Crippen LogP contribution in [0.4, 0.5) is 0 Å². The van der Waals surface area contributed by atoms with Gasteiger partial charge in [-0.25, -0.2) is 0 Å². The highest BCUT2D eigenvalue weighted by atomic mass is 32.2. The molecule has 86 valence electrons. The summed E-state index contributed by atoms with van der Waals surface area (Å²) in [5.41, 5.74) is 5.35. The average Bonchev–Trinajstić information content (AvgIpc) is 2.82. The van der Waals surface area contributed by atoms with E-state index in [0.717, 1.165) is 32.2 Å². The van der Waals surface area contributed by atoms with E-state index in [-0.39, 0.29) is 12.5 Å². The summed E-state index contributed by atoms with van der Waals surface area (Å²) in [6, 6.07) is 0.755. The molecular formula is C10H19N3OS. The van der Waals surface area contributed by atoms with Gasteiger partial charge in [-0.05, 0) is 12.2 Å². The first-order valence-electron chi connectivity index (χ1n) is 5.61. The second kappa shape index (κ2) is 5.18. The second-order valence-electron chi connectivity index (χ2n) is 4.14. The maximum absolute atomic E-state index is 11.4. The monoisotopic (exact) mass is 229 g/mol. The van der Waals surface area contributed by atoms with Crippen molar-refractivity contribution in [2.24, 2.45) is 5.73 Å². The van der Waals surface area contributed by atoms with Crippen LogP contribution in [0.5, 0.6) is 0 Å². The van der Waals surface area contributed by atoms with Crippen LogP contribution in [0.25, 0.3) is 0 Å². The largest absolute Gasteiger partial charge is 0.339 e. The Labute approximate surface area is 95.2 Å². The fourth-order valence-electron chi connectivity index (χ4n) is 2.28. The Hall–Kier alpha value is -0.260. The summed E-state index contributed by atoms with van der Waals surface area (Å²) in [5, 5.41) is 0. The third-order valence-corrected chi connectivity index (χ3v) is 4.41. The molecule has 2 fully saturated rings. The van der Waals surface area contributed by atoms with Gasteiger partial charge in [0.05, 0.1) is 6.54 Å². The van der Waals surface area contributed by atoms with Gasteiger partial charge < -0.3 is 10.6 Å². The van der Waals surface area contributed by atoms with E-state index < -0.39 is 0 Å². The topological polar surface area (TPSA) is 49.6 Å². The quantitative estimate of drug-likeness (QED) is 0.700. The van der Waals surface area contributed by atoms with Crippen molar-refractivity contribution in [3.63, 3.8) is 0 Å². The summed E-state index contributed by atoms with van der Waals surface area (Å²) in [4.78, 5) is 15.8. The van der Waals surface area contributed by atoms with E-state index in [9.17, 15) is 4.79 Å². The van der Waals surface area contributed by atoms with Crippen molar-refractivity contribution in [1.29, 1.82) is 0 Å². The van der Waals surface area contributed by atoms with Gasteiger partial charge in [0.1, 0.15) is 0 Å². The van der Waals surface area contributed by atoms with Gasteiger partial charge in [0.15, 0.2) is 0 Å². The van der Waals surface area contributed by atoms with Gasteiger partial charge in [0.2, 0.25) is 5.91 Å². The zero-order valence-electron chi connectivity index (χ0n) is 9.02. The fourth-order valence-corrected chi connectivity index (χ4v) is 3.53. The van der Waals surface area contributed by atoms with Gasteiger partial charge >= 0.3 is 0 Å². The SMILES string of the molecule is NCC(=O)N1CCN([C@@H]2CCSC2)CC1. The van der Waals surface area contributed by atoms with Gasteiger partial charge in [-0.2, -0.15) is 11.8 Å². The standard InChI is InChI=1S/C10H19N3OS/c11-7-10(14)13-4-2-12(3-5-13)9-1-6-15-8-9/h9H,1-8,11H2/t9-/m1/s1. The molecule has 15 heavy (non-hydrogen) atoms. The van der Waals surface area contributed by atoms with Gasteiger partial charge in [-0.1, -0.05) is 0 Å². The van der Waals surface area contributed by atoms with Crippen molar-refractivity contribution in [3.8, 4) is 0 Å². The number of nitrogens with zero attached hydrogens (tertiary/aromatic N) is 2. The van der Waals surface area contributed by atoms with Crippen molar-refractivity contribution in [2.75, 3.05) is 44.2 Å². The number of carbonyl (C=O) groups excluding carboxylic acids is 1. The first-order valence-corrected chi connectivity index (χ1v) is 6.76. The molecule has 0 saturated carbocycles. The summed E-state index contributed by atoms with van der Waals surface area (Å²) in [5.74, 6) is 2.66. The smallest absolute Gasteiger partial charge is 0.236 e. The van der Waals surface area contributed by atoms with Gasteiger partial charge in [0.25, 0.3) is 0 Å². The maximum Gasteiger partial charge on any atom is 0.236 e. The number of piperazine rings is 1. The molecule has 4 nitrogen and oxygen atoms in total. The molecule has 2 aliphatic rings. The molecule has 2 N–H and O–H groups in total. The third kappa shape index (κ3) is 2.65. The zero-order valence-corrected chi connectivity index (χ0v) is 9.84. The number of carbonyl (C=O) groups is 1. The van der Waals surface area contributed by atoms with Crippen molar-refractivity contribution in [3.05, 3.63) is 0 Å². The Morgan fingerprint density at radius 3 is 2.60 bits per heavy atom. The van der Waals surface area contributed by atoms with E-state index in [2.05, 4.69) is 4.90 Å². The van der Waals surface area contributed by atoms with E-state index in [1.165, 1.54) is 17.9 Å². The summed E-state index contributed by atoms with van der Waals surface area (Å²) in [7, 11) is 0. The van der Waals surface area contributed by atoms with Crippen LogP contribution < -0.4 is 5.73 Å². The van der Waals surface area contributed by atoms with Crippen LogP contribution in [-0.4, -0.2) is 66.0 Å². The zero-order chi connectivity index (χ0) is 10.7. The predicted molar refractivity (Wildman–Crippen MR) is 62.9 cm³/mol. The molecule has 2 heterocycles. The molecule has 0 aromatic rings. The minimum absolute atomic E-state index is 0.0930. The van der Waals surface area contributed by atoms with Crippen LogP contribution in [0, 0.1) is 0 Å². The molecule has 0 radical (unpaired) electrons. The molecule has 5 heteroatoms. The number of rotatable bonds is 2. The lowest BCUT2D eigenvalue weighted by Crippen LogP contribution is -2.53. The first-order chi connectivity index (χ1) is 7.31. The number of amides is 1. The lowest BCUT2D eigenvalue weighted by molar-refractivity contribution is -0.131. The van der Waals surface area contributed by atoms with E-state index >= 15 is 0 Å². The summed E-state index contributed by atoms with van der Waals surface area (Å²) >= 11 is 2.05. The molecule has 0 unspecified atom stereocenters. The normalized spacial score (nSPS) is 28.3. The van der Waals surface area contributed by atoms with Crippen LogP contribution in [-0.2, 0) is 4.79 Å². The van der Waals surface area contributed by atoms with Crippen molar-refractivity contribution < 1.29 is 4.79 Å². The van der Waals surface area contributed by atoms with E-state index in [0.29, 0.717) is 0 Å². The highest BCUT2D eigenvalue weighted by Gasteiger charge is 2.27. The Morgan fingerprint density at radius 1 is 1.33 bits per heavy atom. The van der Waals surface area contributed by atoms with Crippen LogP contribution >= 0.6 is 11.8 Å². The highest BCUT2D eigenvalue weighted by Crippen LogP contribution is 2.23. The summed E-state index contributed by atoms with van der Waals surface area (Å²) < 4.78 is 0. The third-order valence-electron chi connectivity index (χ3n) is 3.26. The summed E-state index contributed by atoms with van der Waals surface area (Å²) in [6.45, 7) is 3.92. The van der Waals surface area contributed by atoms with Gasteiger partial charge in [-0.15, -0.1) is 0 Å². The number of hydrogen-bond acceptors (Lipinski definition) is 4. The van der Waals surface area contributed by atoms with E-state index in [1.54, 1.807) is 0 Å². The Morgan fingerprint density at radius 2 is 2.07 bits per heavy atom. The van der Waals surface area contributed by atoms with Crippen LogP contribution in [0.1, 0.15) is 6.42 Å². The molecular weight excluding hydrogens is 210 g/mol. The molecule has 0 aliphatic carbocycles. The number of thioether (sulfide) groups is 1. The Balaban J connectivity index is 1.78. The summed E-state index contributed by atoms with van der Waals surface area (Å²) in [6.07, 6.45) is 1.31. The average molecular weight is 229 g/mol. The van der Waals surface area contributed by atoms with Crippen LogP contribution in [0.3, 0.4) is 0 Å². The van der Waals surface area contributed by atoms with Crippen molar-refractivity contribution in [1.82, 2.24) is 9.80 Å². The molecule has 0 spiro atoms. The fraction of sp³-hybridized carbons (Fsp3) is 0.900. The van der Waals surface area contributed by atoms with Crippen LogP contribution in [0.15, 0.2) is 0 Å². The molecule has 0 aromatic heterocycles. The van der Waals surface area contributed by atoms with E-state index in [4.69, 9.17) is 5.73 Å². The van der Waals surface area contributed by atoms with E-state index in [1.807, 2.05) is 16.7 Å². The van der Waals surface area contributed by atoms with Crippen molar-refractivity contribution >= 4 is 17.7 Å². The molecule has 1 amide bonds. The Bertz CT molecular complexity index is 223. The Kier molecular flexibility index (Phi) is 3.88. The van der Waals surface area contributed by atoms with Gasteiger partial charge in [-0.3, -0.25) is 9.69 Å². The maximum atomic E-state index is 11.4. The number of nitrogens with two attached hydrogens (primary N) is 1. The minimum Gasteiger partial charge on any atom is -0.339 e. The van der Waals surface area contributed by atoms with Crippen LogP contribution in [0.2, 0.25) is 0 Å². The predicted octanol–water partition coefficient (Wildman–Crippen LogP) is -0.405. The van der Waals surface area contributed by atoms with Crippen molar-refractivity contribution in [2.45, 2.75) is 12.5 Å². The molecule has 0 aromatic carbocycles. The molecule has 0 bridgehead atoms. The number of hydrogen-bond donors (Lipinski definition) is 1. The molecule has 2 aliphatic heterocycles. The molecule has 1 atom stereocenters. The van der Waals surface area contributed by atoms with Gasteiger partial charge in [0, 0.05) is 38.0 Å². The minimum atomic E-state index is 0.0930. The molecule has 2 rings (SSSR count). The molecule has 2 saturated heterocycles. The first kappa shape index (κ1) is 11.2. The lowest BCUT2D eigenvalue weighted by Gasteiger charge is -2.37. The highest BCUT2D eigenvalue weighted by molar-refractivity contribution is 7.99. The second-order valence-corrected chi connectivity index (χ2v) is 5.29.